The lowest BCUT2D eigenvalue weighted by Crippen LogP contribution is -2.44. The highest BCUT2D eigenvalue weighted by Crippen LogP contribution is 2.32. The van der Waals surface area contributed by atoms with Crippen molar-refractivity contribution in [3.05, 3.63) is 35.9 Å². The lowest BCUT2D eigenvalue weighted by atomic mass is 9.97. The molecule has 1 saturated carbocycles. The Hall–Kier alpha value is -0.860. The standard InChI is InChI=1S/C16H26N2/c1-3-18(15-11-7-8-12-15)16(13(2)17)14-9-5-4-6-10-14/h4-6,9-10,13,15-16H,3,7-8,11-12,17H2,1-2H3. The van der Waals surface area contributed by atoms with Crippen molar-refractivity contribution in [2.75, 3.05) is 6.54 Å². The molecule has 1 aromatic carbocycles. The first-order chi connectivity index (χ1) is 8.74. The average Bonchev–Trinajstić information content (AvgIpc) is 2.90. The smallest absolute Gasteiger partial charge is 0.0499 e. The maximum Gasteiger partial charge on any atom is 0.0499 e. The Bertz CT molecular complexity index is 341. The molecule has 2 rings (SSSR count). The summed E-state index contributed by atoms with van der Waals surface area (Å²) in [5, 5.41) is 0. The van der Waals surface area contributed by atoms with E-state index >= 15 is 0 Å². The molecule has 1 aliphatic rings. The Morgan fingerprint density at radius 1 is 1.22 bits per heavy atom. The van der Waals surface area contributed by atoms with Crippen molar-refractivity contribution in [3.8, 4) is 0 Å². The van der Waals surface area contributed by atoms with E-state index in [-0.39, 0.29) is 6.04 Å². The molecule has 0 bridgehead atoms. The molecule has 100 valence electrons. The summed E-state index contributed by atoms with van der Waals surface area (Å²) in [4.78, 5) is 2.62. The van der Waals surface area contributed by atoms with Gasteiger partial charge in [-0.05, 0) is 31.9 Å². The zero-order valence-electron chi connectivity index (χ0n) is 11.7. The van der Waals surface area contributed by atoms with Gasteiger partial charge in [0.15, 0.2) is 0 Å². The Balaban J connectivity index is 2.22. The summed E-state index contributed by atoms with van der Waals surface area (Å²) in [5.74, 6) is 0. The number of benzene rings is 1. The Morgan fingerprint density at radius 2 is 1.83 bits per heavy atom. The first-order valence-corrected chi connectivity index (χ1v) is 7.30. The molecule has 0 radical (unpaired) electrons. The fourth-order valence-electron chi connectivity index (χ4n) is 3.37. The predicted octanol–water partition coefficient (Wildman–Crippen LogP) is 3.34. The molecule has 2 heteroatoms. The van der Waals surface area contributed by atoms with Crippen molar-refractivity contribution in [2.24, 2.45) is 5.73 Å². The van der Waals surface area contributed by atoms with Gasteiger partial charge in [-0.3, -0.25) is 4.90 Å². The molecule has 0 aromatic heterocycles. The van der Waals surface area contributed by atoms with Gasteiger partial charge in [-0.2, -0.15) is 0 Å². The molecule has 0 saturated heterocycles. The Kier molecular flexibility index (Phi) is 4.79. The molecule has 2 nitrogen and oxygen atoms in total. The zero-order valence-corrected chi connectivity index (χ0v) is 11.7. The van der Waals surface area contributed by atoms with E-state index in [9.17, 15) is 0 Å². The normalized spacial score (nSPS) is 20.2. The summed E-state index contributed by atoms with van der Waals surface area (Å²) in [6, 6.07) is 12.0. The number of nitrogens with two attached hydrogens (primary N) is 1. The van der Waals surface area contributed by atoms with E-state index in [2.05, 4.69) is 49.1 Å². The van der Waals surface area contributed by atoms with Crippen molar-refractivity contribution in [1.29, 1.82) is 0 Å². The molecule has 2 atom stereocenters. The minimum Gasteiger partial charge on any atom is -0.326 e. The molecule has 0 spiro atoms. The van der Waals surface area contributed by atoms with E-state index in [1.807, 2.05) is 0 Å². The van der Waals surface area contributed by atoms with Gasteiger partial charge in [-0.1, -0.05) is 50.1 Å². The number of nitrogens with zero attached hydrogens (tertiary/aromatic N) is 1. The minimum absolute atomic E-state index is 0.174. The summed E-state index contributed by atoms with van der Waals surface area (Å²) in [5.41, 5.74) is 7.63. The second kappa shape index (κ2) is 6.35. The van der Waals surface area contributed by atoms with Crippen LogP contribution in [0.4, 0.5) is 0 Å². The number of hydrogen-bond donors (Lipinski definition) is 1. The summed E-state index contributed by atoms with van der Waals surface area (Å²) in [6.45, 7) is 5.48. The van der Waals surface area contributed by atoms with Crippen LogP contribution in [-0.4, -0.2) is 23.5 Å². The van der Waals surface area contributed by atoms with Crippen molar-refractivity contribution in [2.45, 2.75) is 57.7 Å². The molecule has 1 fully saturated rings. The van der Waals surface area contributed by atoms with Gasteiger partial charge < -0.3 is 5.73 Å². The molecule has 2 unspecified atom stereocenters. The van der Waals surface area contributed by atoms with E-state index < -0.39 is 0 Å². The first kappa shape index (κ1) is 13.6. The van der Waals surface area contributed by atoms with Crippen molar-refractivity contribution >= 4 is 0 Å². The second-order valence-electron chi connectivity index (χ2n) is 5.48. The highest BCUT2D eigenvalue weighted by molar-refractivity contribution is 5.21. The van der Waals surface area contributed by atoms with Crippen LogP contribution in [-0.2, 0) is 0 Å². The van der Waals surface area contributed by atoms with Gasteiger partial charge in [-0.25, -0.2) is 0 Å². The van der Waals surface area contributed by atoms with Gasteiger partial charge >= 0.3 is 0 Å². The first-order valence-electron chi connectivity index (χ1n) is 7.30. The summed E-state index contributed by atoms with van der Waals surface area (Å²) in [6.07, 6.45) is 5.43. The average molecular weight is 246 g/mol. The van der Waals surface area contributed by atoms with Crippen molar-refractivity contribution in [3.63, 3.8) is 0 Å². The van der Waals surface area contributed by atoms with Crippen LogP contribution in [0.15, 0.2) is 30.3 Å². The van der Waals surface area contributed by atoms with Gasteiger partial charge in [0, 0.05) is 18.1 Å². The van der Waals surface area contributed by atoms with Gasteiger partial charge in [0.25, 0.3) is 0 Å². The molecule has 18 heavy (non-hydrogen) atoms. The van der Waals surface area contributed by atoms with Crippen LogP contribution in [0.1, 0.15) is 51.1 Å². The van der Waals surface area contributed by atoms with Crippen LogP contribution in [0.25, 0.3) is 0 Å². The summed E-state index contributed by atoms with van der Waals surface area (Å²) >= 11 is 0. The fourth-order valence-corrected chi connectivity index (χ4v) is 3.37. The monoisotopic (exact) mass is 246 g/mol. The highest BCUT2D eigenvalue weighted by Gasteiger charge is 2.30. The topological polar surface area (TPSA) is 29.3 Å². The molecular weight excluding hydrogens is 220 g/mol. The van der Waals surface area contributed by atoms with Gasteiger partial charge in [0.2, 0.25) is 0 Å². The number of rotatable bonds is 5. The number of hydrogen-bond acceptors (Lipinski definition) is 2. The maximum absolute atomic E-state index is 6.27. The van der Waals surface area contributed by atoms with E-state index in [0.717, 1.165) is 12.6 Å². The number of likely N-dealkylation sites (N-methyl/N-ethyl adjacent to an activating group) is 1. The lowest BCUT2D eigenvalue weighted by molar-refractivity contribution is 0.127. The van der Waals surface area contributed by atoms with Crippen LogP contribution < -0.4 is 5.73 Å². The molecular formula is C16H26N2. The highest BCUT2D eigenvalue weighted by atomic mass is 15.2. The summed E-state index contributed by atoms with van der Waals surface area (Å²) in [7, 11) is 0. The van der Waals surface area contributed by atoms with Crippen LogP contribution >= 0.6 is 0 Å². The van der Waals surface area contributed by atoms with E-state index in [1.54, 1.807) is 0 Å². The van der Waals surface area contributed by atoms with E-state index in [4.69, 9.17) is 5.73 Å². The van der Waals surface area contributed by atoms with Crippen LogP contribution in [0.5, 0.6) is 0 Å². The summed E-state index contributed by atoms with van der Waals surface area (Å²) < 4.78 is 0. The van der Waals surface area contributed by atoms with E-state index in [1.165, 1.54) is 31.2 Å². The van der Waals surface area contributed by atoms with Crippen LogP contribution in [0, 0.1) is 0 Å². The van der Waals surface area contributed by atoms with Gasteiger partial charge in [0.05, 0.1) is 0 Å². The van der Waals surface area contributed by atoms with Crippen LogP contribution in [0.3, 0.4) is 0 Å². The lowest BCUT2D eigenvalue weighted by Gasteiger charge is -2.38. The zero-order chi connectivity index (χ0) is 13.0. The quantitative estimate of drug-likeness (QED) is 0.863. The molecule has 0 amide bonds. The SMILES string of the molecule is CCN(C1CCCC1)C(c1ccccc1)C(C)N. The predicted molar refractivity (Wildman–Crippen MR) is 77.5 cm³/mol. The van der Waals surface area contributed by atoms with Crippen LogP contribution in [0.2, 0.25) is 0 Å². The fraction of sp³-hybridized carbons (Fsp3) is 0.625. The van der Waals surface area contributed by atoms with Crippen molar-refractivity contribution in [1.82, 2.24) is 4.90 Å². The molecule has 1 aromatic rings. The molecule has 1 aliphatic carbocycles. The molecule has 0 aliphatic heterocycles. The Labute approximate surface area is 111 Å². The van der Waals surface area contributed by atoms with Crippen molar-refractivity contribution < 1.29 is 0 Å². The third-order valence-corrected chi connectivity index (χ3v) is 4.16. The largest absolute Gasteiger partial charge is 0.326 e. The van der Waals surface area contributed by atoms with Gasteiger partial charge in [0.1, 0.15) is 0 Å². The van der Waals surface area contributed by atoms with E-state index in [0.29, 0.717) is 6.04 Å². The van der Waals surface area contributed by atoms with Gasteiger partial charge in [-0.15, -0.1) is 0 Å². The Morgan fingerprint density at radius 3 is 2.33 bits per heavy atom. The third kappa shape index (κ3) is 2.93. The third-order valence-electron chi connectivity index (χ3n) is 4.16. The minimum atomic E-state index is 0.174. The second-order valence-corrected chi connectivity index (χ2v) is 5.48. The maximum atomic E-state index is 6.27. The molecule has 0 heterocycles. The molecule has 2 N–H and O–H groups in total.